The predicted octanol–water partition coefficient (Wildman–Crippen LogP) is 5.22. The number of aryl methyl sites for hydroxylation is 2. The molecule has 4 heteroatoms. The van der Waals surface area contributed by atoms with Crippen molar-refractivity contribution in [1.82, 2.24) is 9.55 Å². The second kappa shape index (κ2) is 7.45. The predicted molar refractivity (Wildman–Crippen MR) is 121 cm³/mol. The molecular weight excluding hydrogens is 370 g/mol. The van der Waals surface area contributed by atoms with Crippen molar-refractivity contribution in [3.8, 4) is 0 Å². The number of rotatable bonds is 4. The van der Waals surface area contributed by atoms with Crippen LogP contribution >= 0.6 is 0 Å². The molecule has 0 aliphatic carbocycles. The van der Waals surface area contributed by atoms with E-state index in [2.05, 4.69) is 73.0 Å². The summed E-state index contributed by atoms with van der Waals surface area (Å²) in [5.74, 6) is 1.26. The third kappa shape index (κ3) is 3.18. The van der Waals surface area contributed by atoms with Gasteiger partial charge in [-0.2, -0.15) is 0 Å². The van der Waals surface area contributed by atoms with Crippen molar-refractivity contribution in [1.29, 1.82) is 0 Å². The molecule has 4 nitrogen and oxygen atoms in total. The fourth-order valence-electron chi connectivity index (χ4n) is 4.67. The Morgan fingerprint density at radius 1 is 0.900 bits per heavy atom. The lowest BCUT2D eigenvalue weighted by molar-refractivity contribution is -0.117. The van der Waals surface area contributed by atoms with E-state index in [1.165, 1.54) is 5.56 Å². The van der Waals surface area contributed by atoms with Gasteiger partial charge in [-0.3, -0.25) is 4.79 Å². The fourth-order valence-corrected chi connectivity index (χ4v) is 4.67. The molecule has 1 fully saturated rings. The molecule has 1 aliphatic rings. The van der Waals surface area contributed by atoms with E-state index in [1.807, 2.05) is 23.1 Å². The van der Waals surface area contributed by atoms with Gasteiger partial charge in [-0.05, 0) is 42.7 Å². The van der Waals surface area contributed by atoms with E-state index in [-0.39, 0.29) is 11.8 Å². The van der Waals surface area contributed by atoms with Crippen molar-refractivity contribution in [3.63, 3.8) is 0 Å². The lowest BCUT2D eigenvalue weighted by Gasteiger charge is -2.21. The molecule has 1 amide bonds. The van der Waals surface area contributed by atoms with Crippen LogP contribution in [0.2, 0.25) is 0 Å². The highest BCUT2D eigenvalue weighted by molar-refractivity contribution is 5.98. The quantitative estimate of drug-likeness (QED) is 0.475. The Labute approximate surface area is 176 Å². The number of para-hydroxylation sites is 3. The van der Waals surface area contributed by atoms with Gasteiger partial charge in [0, 0.05) is 31.1 Å². The zero-order valence-electron chi connectivity index (χ0n) is 17.4. The van der Waals surface area contributed by atoms with E-state index >= 15 is 0 Å². The second-order valence-corrected chi connectivity index (χ2v) is 8.18. The van der Waals surface area contributed by atoms with Crippen molar-refractivity contribution in [2.45, 2.75) is 32.7 Å². The zero-order chi connectivity index (χ0) is 20.7. The van der Waals surface area contributed by atoms with Crippen LogP contribution in [0.1, 0.15) is 34.9 Å². The molecule has 1 saturated heterocycles. The number of benzene rings is 3. The Hall–Kier alpha value is -3.40. The van der Waals surface area contributed by atoms with Gasteiger partial charge in [-0.25, -0.2) is 4.98 Å². The van der Waals surface area contributed by atoms with Gasteiger partial charge < -0.3 is 9.47 Å². The Balaban J connectivity index is 1.55. The van der Waals surface area contributed by atoms with Gasteiger partial charge in [0.05, 0.1) is 11.0 Å². The van der Waals surface area contributed by atoms with Crippen LogP contribution in [-0.2, 0) is 11.3 Å². The molecule has 0 spiro atoms. The lowest BCUT2D eigenvalue weighted by atomic mass is 10.1. The van der Waals surface area contributed by atoms with Crippen LogP contribution in [0, 0.1) is 13.8 Å². The van der Waals surface area contributed by atoms with Gasteiger partial charge in [0.25, 0.3) is 0 Å². The molecule has 3 aromatic carbocycles. The molecule has 0 N–H and O–H groups in total. The molecule has 5 rings (SSSR count). The molecule has 0 bridgehead atoms. The summed E-state index contributed by atoms with van der Waals surface area (Å²) in [5.41, 5.74) is 6.67. The number of aromatic nitrogens is 2. The third-order valence-electron chi connectivity index (χ3n) is 6.07. The molecule has 1 aromatic heterocycles. The van der Waals surface area contributed by atoms with Gasteiger partial charge in [0.2, 0.25) is 5.91 Å². The topological polar surface area (TPSA) is 38.1 Å². The number of carbonyl (C=O) groups is 1. The minimum Gasteiger partial charge on any atom is -0.323 e. The van der Waals surface area contributed by atoms with Crippen molar-refractivity contribution in [2.75, 3.05) is 11.4 Å². The average Bonchev–Trinajstić information content (AvgIpc) is 3.30. The Kier molecular flexibility index (Phi) is 4.62. The van der Waals surface area contributed by atoms with Crippen LogP contribution in [0.4, 0.5) is 5.69 Å². The first-order valence-electron chi connectivity index (χ1n) is 10.5. The number of amides is 1. The average molecular weight is 396 g/mol. The summed E-state index contributed by atoms with van der Waals surface area (Å²) in [6.45, 7) is 5.58. The maximum Gasteiger partial charge on any atom is 0.227 e. The number of carbonyl (C=O) groups excluding carboxylic acids is 1. The molecule has 30 heavy (non-hydrogen) atoms. The number of imidazole rings is 1. The molecular formula is C26H25N3O. The van der Waals surface area contributed by atoms with Gasteiger partial charge >= 0.3 is 0 Å². The van der Waals surface area contributed by atoms with Gasteiger partial charge in [-0.1, -0.05) is 60.7 Å². The largest absolute Gasteiger partial charge is 0.323 e. The molecule has 2 heterocycles. The first kappa shape index (κ1) is 18.6. The fraction of sp³-hybridized carbons (Fsp3) is 0.231. The summed E-state index contributed by atoms with van der Waals surface area (Å²) in [5, 5.41) is 0. The first-order chi connectivity index (χ1) is 14.6. The van der Waals surface area contributed by atoms with Crippen LogP contribution < -0.4 is 4.90 Å². The molecule has 1 atom stereocenters. The van der Waals surface area contributed by atoms with E-state index in [0.717, 1.165) is 40.2 Å². The maximum atomic E-state index is 13.0. The van der Waals surface area contributed by atoms with Crippen LogP contribution in [0.3, 0.4) is 0 Å². The highest BCUT2D eigenvalue weighted by Crippen LogP contribution is 2.36. The summed E-state index contributed by atoms with van der Waals surface area (Å²) < 4.78 is 2.29. The smallest absolute Gasteiger partial charge is 0.227 e. The summed E-state index contributed by atoms with van der Waals surface area (Å²) in [7, 11) is 0. The van der Waals surface area contributed by atoms with Crippen LogP contribution in [-0.4, -0.2) is 22.0 Å². The van der Waals surface area contributed by atoms with E-state index in [1.54, 1.807) is 0 Å². The van der Waals surface area contributed by atoms with Crippen LogP contribution in [0.5, 0.6) is 0 Å². The molecule has 150 valence electrons. The summed E-state index contributed by atoms with van der Waals surface area (Å²) in [4.78, 5) is 20.0. The second-order valence-electron chi connectivity index (χ2n) is 8.18. The Morgan fingerprint density at radius 3 is 2.37 bits per heavy atom. The highest BCUT2D eigenvalue weighted by Gasteiger charge is 2.35. The van der Waals surface area contributed by atoms with Gasteiger partial charge in [0.1, 0.15) is 5.82 Å². The van der Waals surface area contributed by atoms with Crippen LogP contribution in [0.25, 0.3) is 11.0 Å². The van der Waals surface area contributed by atoms with E-state index in [9.17, 15) is 4.79 Å². The number of hydrogen-bond donors (Lipinski definition) is 0. The van der Waals surface area contributed by atoms with Crippen molar-refractivity contribution >= 4 is 22.6 Å². The number of nitrogens with zero attached hydrogens (tertiary/aromatic N) is 3. The molecule has 0 unspecified atom stereocenters. The van der Waals surface area contributed by atoms with Crippen molar-refractivity contribution in [3.05, 3.63) is 95.3 Å². The Bertz CT molecular complexity index is 1210. The summed E-state index contributed by atoms with van der Waals surface area (Å²) in [6, 6.07) is 24.9. The number of hydrogen-bond acceptors (Lipinski definition) is 2. The van der Waals surface area contributed by atoms with E-state index in [4.69, 9.17) is 4.98 Å². The summed E-state index contributed by atoms with van der Waals surface area (Å²) in [6.07, 6.45) is 0.492. The molecule has 0 radical (unpaired) electrons. The monoisotopic (exact) mass is 395 g/mol. The van der Waals surface area contributed by atoms with E-state index in [0.29, 0.717) is 13.0 Å². The standard InChI is InChI=1S/C26H25N3O/c1-18-9-8-10-19(2)25(18)29-17-21(15-24(29)30)26-27-22-13-6-7-14-23(22)28(26)16-20-11-4-3-5-12-20/h3-14,21H,15-17H2,1-2H3/t21-/m0/s1. The highest BCUT2D eigenvalue weighted by atomic mass is 16.2. The number of anilines is 1. The maximum absolute atomic E-state index is 13.0. The van der Waals surface area contributed by atoms with Gasteiger partial charge in [0.15, 0.2) is 0 Å². The minimum atomic E-state index is 0.0765. The van der Waals surface area contributed by atoms with Crippen molar-refractivity contribution < 1.29 is 4.79 Å². The van der Waals surface area contributed by atoms with Crippen LogP contribution in [0.15, 0.2) is 72.8 Å². The first-order valence-corrected chi connectivity index (χ1v) is 10.5. The normalized spacial score (nSPS) is 16.5. The van der Waals surface area contributed by atoms with Gasteiger partial charge in [-0.15, -0.1) is 0 Å². The van der Waals surface area contributed by atoms with Crippen molar-refractivity contribution in [2.24, 2.45) is 0 Å². The lowest BCUT2D eigenvalue weighted by Crippen LogP contribution is -2.26. The molecule has 1 aliphatic heterocycles. The number of fused-ring (bicyclic) bond motifs is 1. The third-order valence-corrected chi connectivity index (χ3v) is 6.07. The minimum absolute atomic E-state index is 0.0765. The molecule has 0 saturated carbocycles. The molecule has 4 aromatic rings. The summed E-state index contributed by atoms with van der Waals surface area (Å²) >= 11 is 0. The Morgan fingerprint density at radius 2 is 1.60 bits per heavy atom. The zero-order valence-corrected chi connectivity index (χ0v) is 17.4. The SMILES string of the molecule is Cc1cccc(C)c1N1C[C@@H](c2nc3ccccc3n2Cc2ccccc2)CC1=O. The van der Waals surface area contributed by atoms with E-state index < -0.39 is 0 Å².